The maximum absolute atomic E-state index is 3.51. The Morgan fingerprint density at radius 1 is 0.800 bits per heavy atom. The van der Waals surface area contributed by atoms with E-state index in [0.29, 0.717) is 5.92 Å². The number of benzene rings is 2. The highest BCUT2D eigenvalue weighted by molar-refractivity contribution is 5.85. The summed E-state index contributed by atoms with van der Waals surface area (Å²) < 4.78 is 0. The highest BCUT2D eigenvalue weighted by atomic mass is 35.5. The zero-order chi connectivity index (χ0) is 13.3. The molecule has 0 saturated heterocycles. The second-order valence-corrected chi connectivity index (χ2v) is 4.91. The van der Waals surface area contributed by atoms with Crippen molar-refractivity contribution < 1.29 is 0 Å². The van der Waals surface area contributed by atoms with Crippen molar-refractivity contribution in [3.8, 4) is 0 Å². The zero-order valence-corrected chi connectivity index (χ0v) is 12.9. The van der Waals surface area contributed by atoms with E-state index < -0.39 is 0 Å². The Morgan fingerprint density at radius 3 is 1.75 bits per heavy atom. The minimum atomic E-state index is 0. The quantitative estimate of drug-likeness (QED) is 0.733. The Hall–Kier alpha value is -1.31. The highest BCUT2D eigenvalue weighted by Crippen LogP contribution is 2.27. The van der Waals surface area contributed by atoms with Crippen molar-refractivity contribution in [1.29, 1.82) is 0 Å². The number of nitrogens with one attached hydrogen (secondary N) is 1. The van der Waals surface area contributed by atoms with Crippen LogP contribution >= 0.6 is 12.4 Å². The Balaban J connectivity index is 0.00000200. The van der Waals surface area contributed by atoms with Crippen molar-refractivity contribution in [2.24, 2.45) is 0 Å². The van der Waals surface area contributed by atoms with Gasteiger partial charge in [-0.2, -0.15) is 0 Å². The van der Waals surface area contributed by atoms with E-state index in [1.165, 1.54) is 17.5 Å². The zero-order valence-electron chi connectivity index (χ0n) is 12.1. The molecular formula is C18H24ClN. The van der Waals surface area contributed by atoms with Gasteiger partial charge in [0.25, 0.3) is 0 Å². The van der Waals surface area contributed by atoms with Gasteiger partial charge in [0, 0.05) is 5.92 Å². The molecule has 0 saturated carbocycles. The molecule has 0 aliphatic heterocycles. The topological polar surface area (TPSA) is 12.0 Å². The highest BCUT2D eigenvalue weighted by Gasteiger charge is 2.12. The van der Waals surface area contributed by atoms with Crippen LogP contribution < -0.4 is 5.32 Å². The molecule has 0 aromatic heterocycles. The first-order valence-corrected chi connectivity index (χ1v) is 7.22. The molecule has 0 spiro atoms. The molecule has 2 rings (SSSR count). The van der Waals surface area contributed by atoms with E-state index in [9.17, 15) is 0 Å². The standard InChI is InChI=1S/C18H23N.ClH/c1-2-14-19-15-13-18(16-9-5-3-6-10-16)17-11-7-4-8-12-17;/h3-12,18-19H,2,13-15H2,1H3;1H. The summed E-state index contributed by atoms with van der Waals surface area (Å²) in [5.41, 5.74) is 2.82. The monoisotopic (exact) mass is 289 g/mol. The normalized spacial score (nSPS) is 10.3. The van der Waals surface area contributed by atoms with E-state index >= 15 is 0 Å². The average molecular weight is 290 g/mol. The smallest absolute Gasteiger partial charge is 0.0101 e. The average Bonchev–Trinajstić information content (AvgIpc) is 2.49. The Kier molecular flexibility index (Phi) is 8.01. The van der Waals surface area contributed by atoms with Gasteiger partial charge in [0.15, 0.2) is 0 Å². The lowest BCUT2D eigenvalue weighted by atomic mass is 9.88. The Bertz CT molecular complexity index is 416. The summed E-state index contributed by atoms with van der Waals surface area (Å²) in [4.78, 5) is 0. The van der Waals surface area contributed by atoms with Gasteiger partial charge in [0.1, 0.15) is 0 Å². The predicted molar refractivity (Wildman–Crippen MR) is 89.8 cm³/mol. The van der Waals surface area contributed by atoms with Crippen LogP contribution in [-0.4, -0.2) is 13.1 Å². The van der Waals surface area contributed by atoms with Crippen molar-refractivity contribution in [2.75, 3.05) is 13.1 Å². The van der Waals surface area contributed by atoms with Crippen molar-refractivity contribution >= 4 is 12.4 Å². The van der Waals surface area contributed by atoms with Crippen LogP contribution in [0, 0.1) is 0 Å². The molecule has 1 N–H and O–H groups in total. The van der Waals surface area contributed by atoms with Gasteiger partial charge in [-0.3, -0.25) is 0 Å². The van der Waals surface area contributed by atoms with Crippen LogP contribution in [0.5, 0.6) is 0 Å². The van der Waals surface area contributed by atoms with E-state index in [0.717, 1.165) is 19.5 Å². The SMILES string of the molecule is CCCNCCC(c1ccccc1)c1ccccc1.Cl. The summed E-state index contributed by atoms with van der Waals surface area (Å²) in [6.45, 7) is 4.39. The number of halogens is 1. The molecule has 2 aromatic rings. The molecule has 0 bridgehead atoms. The number of hydrogen-bond acceptors (Lipinski definition) is 1. The van der Waals surface area contributed by atoms with E-state index in [-0.39, 0.29) is 12.4 Å². The Morgan fingerprint density at radius 2 is 1.30 bits per heavy atom. The van der Waals surface area contributed by atoms with E-state index in [1.807, 2.05) is 0 Å². The van der Waals surface area contributed by atoms with Gasteiger partial charge in [-0.1, -0.05) is 67.6 Å². The molecule has 20 heavy (non-hydrogen) atoms. The lowest BCUT2D eigenvalue weighted by Gasteiger charge is -2.18. The lowest BCUT2D eigenvalue weighted by molar-refractivity contribution is 0.606. The van der Waals surface area contributed by atoms with Crippen molar-refractivity contribution in [2.45, 2.75) is 25.7 Å². The number of rotatable bonds is 7. The second kappa shape index (κ2) is 9.57. The Labute approximate surface area is 128 Å². The maximum Gasteiger partial charge on any atom is 0.0101 e. The minimum Gasteiger partial charge on any atom is -0.317 e. The van der Waals surface area contributed by atoms with Crippen molar-refractivity contribution in [1.82, 2.24) is 5.32 Å². The number of hydrogen-bond donors (Lipinski definition) is 1. The molecule has 0 unspecified atom stereocenters. The third-order valence-electron chi connectivity index (χ3n) is 3.44. The van der Waals surface area contributed by atoms with E-state index in [4.69, 9.17) is 0 Å². The molecule has 0 amide bonds. The molecular weight excluding hydrogens is 266 g/mol. The van der Waals surface area contributed by atoms with Gasteiger partial charge in [-0.05, 0) is 37.1 Å². The van der Waals surface area contributed by atoms with Crippen LogP contribution in [0.15, 0.2) is 60.7 Å². The fraction of sp³-hybridized carbons (Fsp3) is 0.333. The van der Waals surface area contributed by atoms with Crippen LogP contribution in [0.1, 0.15) is 36.8 Å². The van der Waals surface area contributed by atoms with Gasteiger partial charge < -0.3 is 5.32 Å². The first kappa shape index (κ1) is 16.7. The van der Waals surface area contributed by atoms with Gasteiger partial charge >= 0.3 is 0 Å². The van der Waals surface area contributed by atoms with Crippen LogP contribution in [0.4, 0.5) is 0 Å². The van der Waals surface area contributed by atoms with E-state index in [2.05, 4.69) is 72.9 Å². The molecule has 108 valence electrons. The molecule has 0 atom stereocenters. The minimum absolute atomic E-state index is 0. The van der Waals surface area contributed by atoms with Crippen molar-refractivity contribution in [3.63, 3.8) is 0 Å². The predicted octanol–water partition coefficient (Wildman–Crippen LogP) is 4.63. The molecule has 0 aliphatic rings. The molecule has 0 fully saturated rings. The third kappa shape index (κ3) is 4.99. The summed E-state index contributed by atoms with van der Waals surface area (Å²) in [5, 5.41) is 3.51. The first-order valence-electron chi connectivity index (χ1n) is 7.22. The molecule has 2 heteroatoms. The molecule has 0 aliphatic carbocycles. The van der Waals surface area contributed by atoms with Gasteiger partial charge in [-0.15, -0.1) is 12.4 Å². The largest absolute Gasteiger partial charge is 0.317 e. The molecule has 1 nitrogen and oxygen atoms in total. The maximum atomic E-state index is 3.51. The van der Waals surface area contributed by atoms with Gasteiger partial charge in [0.05, 0.1) is 0 Å². The molecule has 0 radical (unpaired) electrons. The van der Waals surface area contributed by atoms with Crippen LogP contribution in [0.2, 0.25) is 0 Å². The fourth-order valence-corrected chi connectivity index (χ4v) is 2.44. The second-order valence-electron chi connectivity index (χ2n) is 4.91. The van der Waals surface area contributed by atoms with Crippen LogP contribution in [-0.2, 0) is 0 Å². The summed E-state index contributed by atoms with van der Waals surface area (Å²) in [5.74, 6) is 0.492. The first-order chi connectivity index (χ1) is 9.42. The molecule has 0 heterocycles. The van der Waals surface area contributed by atoms with E-state index in [1.54, 1.807) is 0 Å². The van der Waals surface area contributed by atoms with Gasteiger partial charge in [-0.25, -0.2) is 0 Å². The van der Waals surface area contributed by atoms with Gasteiger partial charge in [0.2, 0.25) is 0 Å². The lowest BCUT2D eigenvalue weighted by Crippen LogP contribution is -2.18. The summed E-state index contributed by atoms with van der Waals surface area (Å²) >= 11 is 0. The van der Waals surface area contributed by atoms with Crippen LogP contribution in [0.25, 0.3) is 0 Å². The van der Waals surface area contributed by atoms with Crippen molar-refractivity contribution in [3.05, 3.63) is 71.8 Å². The summed E-state index contributed by atoms with van der Waals surface area (Å²) in [6, 6.07) is 21.6. The summed E-state index contributed by atoms with van der Waals surface area (Å²) in [6.07, 6.45) is 2.34. The van der Waals surface area contributed by atoms with Crippen LogP contribution in [0.3, 0.4) is 0 Å². The fourth-order valence-electron chi connectivity index (χ4n) is 2.44. The third-order valence-corrected chi connectivity index (χ3v) is 3.44. The summed E-state index contributed by atoms with van der Waals surface area (Å²) in [7, 11) is 0. The molecule has 2 aromatic carbocycles.